The Morgan fingerprint density at radius 3 is 1.76 bits per heavy atom. The summed E-state index contributed by atoms with van der Waals surface area (Å²) < 4.78 is 5.72. The minimum absolute atomic E-state index is 0.0220. The summed E-state index contributed by atoms with van der Waals surface area (Å²) >= 11 is 0. The third-order valence-corrected chi connectivity index (χ3v) is 3.96. The molecule has 0 aliphatic carbocycles. The second-order valence-corrected chi connectivity index (χ2v) is 5.51. The van der Waals surface area contributed by atoms with Crippen LogP contribution in [0.25, 0.3) is 0 Å². The summed E-state index contributed by atoms with van der Waals surface area (Å²) in [7, 11) is 0. The molecule has 0 N–H and O–H groups in total. The fourth-order valence-corrected chi connectivity index (χ4v) is 2.85. The average molecular weight is 282 g/mol. The normalized spacial score (nSPS) is 13.7. The molecule has 0 aliphatic rings. The molecule has 0 aliphatic heterocycles. The van der Waals surface area contributed by atoms with E-state index in [0.717, 1.165) is 17.5 Å². The largest absolute Gasteiger partial charge is 0.459 e. The summed E-state index contributed by atoms with van der Waals surface area (Å²) in [6.45, 7) is 5.54. The SMILES string of the molecule is CC[C@](C)(OC(C)=O)C(c1ccccc1)c1ccccc1. The number of carbonyl (C=O) groups is 1. The van der Waals surface area contributed by atoms with Crippen LogP contribution in [0.4, 0.5) is 0 Å². The molecule has 0 saturated heterocycles. The van der Waals surface area contributed by atoms with Crippen LogP contribution in [-0.4, -0.2) is 11.6 Å². The van der Waals surface area contributed by atoms with Crippen LogP contribution in [0.15, 0.2) is 60.7 Å². The van der Waals surface area contributed by atoms with Gasteiger partial charge in [-0.2, -0.15) is 0 Å². The number of ether oxygens (including phenoxy) is 1. The Bertz CT molecular complexity index is 538. The first-order chi connectivity index (χ1) is 10.1. The predicted molar refractivity (Wildman–Crippen MR) is 85.2 cm³/mol. The van der Waals surface area contributed by atoms with E-state index in [0.29, 0.717) is 0 Å². The summed E-state index contributed by atoms with van der Waals surface area (Å²) in [6.07, 6.45) is 0.751. The molecule has 21 heavy (non-hydrogen) atoms. The van der Waals surface area contributed by atoms with Crippen LogP contribution < -0.4 is 0 Å². The summed E-state index contributed by atoms with van der Waals surface area (Å²) in [6, 6.07) is 20.5. The molecule has 2 rings (SSSR count). The Morgan fingerprint density at radius 1 is 1.00 bits per heavy atom. The van der Waals surface area contributed by atoms with E-state index in [1.807, 2.05) is 43.3 Å². The van der Waals surface area contributed by atoms with Crippen LogP contribution >= 0.6 is 0 Å². The van der Waals surface area contributed by atoms with Crippen molar-refractivity contribution in [2.24, 2.45) is 0 Å². The molecule has 0 bridgehead atoms. The summed E-state index contributed by atoms with van der Waals surface area (Å²) in [5.74, 6) is -0.218. The maximum Gasteiger partial charge on any atom is 0.303 e. The molecule has 0 amide bonds. The highest BCUT2D eigenvalue weighted by atomic mass is 16.6. The zero-order valence-electron chi connectivity index (χ0n) is 12.9. The number of esters is 1. The Balaban J connectivity index is 2.53. The maximum atomic E-state index is 11.6. The third kappa shape index (κ3) is 3.52. The van der Waals surface area contributed by atoms with E-state index in [2.05, 4.69) is 31.2 Å². The minimum Gasteiger partial charge on any atom is -0.459 e. The first-order valence-electron chi connectivity index (χ1n) is 7.36. The van der Waals surface area contributed by atoms with E-state index in [1.165, 1.54) is 6.92 Å². The first kappa shape index (κ1) is 15.3. The van der Waals surface area contributed by atoms with Gasteiger partial charge in [-0.3, -0.25) is 4.79 Å². The number of hydrogen-bond donors (Lipinski definition) is 0. The van der Waals surface area contributed by atoms with Crippen molar-refractivity contribution >= 4 is 5.97 Å². The van der Waals surface area contributed by atoms with E-state index in [1.54, 1.807) is 0 Å². The van der Waals surface area contributed by atoms with E-state index in [9.17, 15) is 4.79 Å². The van der Waals surface area contributed by atoms with Crippen molar-refractivity contribution < 1.29 is 9.53 Å². The van der Waals surface area contributed by atoms with E-state index in [-0.39, 0.29) is 11.9 Å². The van der Waals surface area contributed by atoms with E-state index < -0.39 is 5.60 Å². The highest BCUT2D eigenvalue weighted by molar-refractivity contribution is 5.67. The quantitative estimate of drug-likeness (QED) is 0.752. The number of benzene rings is 2. The van der Waals surface area contributed by atoms with Gasteiger partial charge in [-0.05, 0) is 24.5 Å². The Labute approximate surface area is 126 Å². The van der Waals surface area contributed by atoms with Crippen molar-refractivity contribution in [1.29, 1.82) is 0 Å². The molecule has 0 unspecified atom stereocenters. The number of rotatable bonds is 5. The van der Waals surface area contributed by atoms with Crippen molar-refractivity contribution in [2.45, 2.75) is 38.7 Å². The van der Waals surface area contributed by atoms with Crippen LogP contribution in [-0.2, 0) is 9.53 Å². The van der Waals surface area contributed by atoms with Crippen molar-refractivity contribution in [2.75, 3.05) is 0 Å². The van der Waals surface area contributed by atoms with Crippen LogP contribution in [0.2, 0.25) is 0 Å². The van der Waals surface area contributed by atoms with Gasteiger partial charge in [-0.1, -0.05) is 67.6 Å². The van der Waals surface area contributed by atoms with Gasteiger partial charge in [-0.15, -0.1) is 0 Å². The summed E-state index contributed by atoms with van der Waals surface area (Å²) in [4.78, 5) is 11.6. The van der Waals surface area contributed by atoms with Gasteiger partial charge in [0.05, 0.1) is 0 Å². The van der Waals surface area contributed by atoms with Crippen molar-refractivity contribution in [3.05, 3.63) is 71.8 Å². The number of hydrogen-bond acceptors (Lipinski definition) is 2. The third-order valence-electron chi connectivity index (χ3n) is 3.96. The van der Waals surface area contributed by atoms with Gasteiger partial charge in [0, 0.05) is 12.8 Å². The zero-order chi connectivity index (χ0) is 15.3. The van der Waals surface area contributed by atoms with Crippen LogP contribution in [0.5, 0.6) is 0 Å². The fraction of sp³-hybridized carbons (Fsp3) is 0.316. The zero-order valence-corrected chi connectivity index (χ0v) is 12.9. The van der Waals surface area contributed by atoms with E-state index in [4.69, 9.17) is 4.74 Å². The predicted octanol–water partition coefficient (Wildman–Crippen LogP) is 4.55. The number of carbonyl (C=O) groups excluding carboxylic acids is 1. The molecule has 0 radical (unpaired) electrons. The molecule has 2 aromatic carbocycles. The lowest BCUT2D eigenvalue weighted by Crippen LogP contribution is -2.38. The monoisotopic (exact) mass is 282 g/mol. The van der Waals surface area contributed by atoms with Crippen LogP contribution in [0.1, 0.15) is 44.2 Å². The maximum absolute atomic E-state index is 11.6. The molecule has 0 spiro atoms. The average Bonchev–Trinajstić information content (AvgIpc) is 2.49. The first-order valence-corrected chi connectivity index (χ1v) is 7.36. The summed E-state index contributed by atoms with van der Waals surface area (Å²) in [5, 5.41) is 0. The molecule has 2 heteroatoms. The van der Waals surface area contributed by atoms with Gasteiger partial charge in [0.1, 0.15) is 5.60 Å². The van der Waals surface area contributed by atoms with Crippen LogP contribution in [0, 0.1) is 0 Å². The molecule has 2 aromatic rings. The second-order valence-electron chi connectivity index (χ2n) is 5.51. The molecule has 0 fully saturated rings. The standard InChI is InChI=1S/C19H22O2/c1-4-19(3,21-15(2)20)18(16-11-7-5-8-12-16)17-13-9-6-10-14-17/h5-14,18H,4H2,1-3H3/t19-/m0/s1. The molecule has 110 valence electrons. The fourth-order valence-electron chi connectivity index (χ4n) is 2.85. The second kappa shape index (κ2) is 6.57. The lowest BCUT2D eigenvalue weighted by Gasteiger charge is -2.37. The van der Waals surface area contributed by atoms with Gasteiger partial charge < -0.3 is 4.74 Å². The highest BCUT2D eigenvalue weighted by Crippen LogP contribution is 2.39. The summed E-state index contributed by atoms with van der Waals surface area (Å²) in [5.41, 5.74) is 1.76. The molecule has 2 nitrogen and oxygen atoms in total. The van der Waals surface area contributed by atoms with E-state index >= 15 is 0 Å². The Kier molecular flexibility index (Phi) is 4.79. The molecule has 0 aromatic heterocycles. The van der Waals surface area contributed by atoms with Gasteiger partial charge in [0.25, 0.3) is 0 Å². The molecule has 0 heterocycles. The smallest absolute Gasteiger partial charge is 0.303 e. The topological polar surface area (TPSA) is 26.3 Å². The molecule has 0 saturated carbocycles. The lowest BCUT2D eigenvalue weighted by molar-refractivity contribution is -0.157. The van der Waals surface area contributed by atoms with Crippen molar-refractivity contribution in [1.82, 2.24) is 0 Å². The van der Waals surface area contributed by atoms with Gasteiger partial charge in [0.15, 0.2) is 0 Å². The van der Waals surface area contributed by atoms with Gasteiger partial charge >= 0.3 is 5.97 Å². The van der Waals surface area contributed by atoms with Crippen molar-refractivity contribution in [3.8, 4) is 0 Å². The van der Waals surface area contributed by atoms with Gasteiger partial charge in [0.2, 0.25) is 0 Å². The Morgan fingerprint density at radius 2 is 1.43 bits per heavy atom. The van der Waals surface area contributed by atoms with Gasteiger partial charge in [-0.25, -0.2) is 0 Å². The highest BCUT2D eigenvalue weighted by Gasteiger charge is 2.37. The molecule has 1 atom stereocenters. The molecular formula is C19H22O2. The van der Waals surface area contributed by atoms with Crippen molar-refractivity contribution in [3.63, 3.8) is 0 Å². The Hall–Kier alpha value is -2.09. The molecular weight excluding hydrogens is 260 g/mol. The van der Waals surface area contributed by atoms with Crippen LogP contribution in [0.3, 0.4) is 0 Å². The lowest BCUT2D eigenvalue weighted by atomic mass is 9.77. The minimum atomic E-state index is -0.561.